The number of nitrogens with zero attached hydrogens (tertiary/aromatic N) is 2. The number of nitro groups is 1. The van der Waals surface area contributed by atoms with E-state index >= 15 is 0 Å². The van der Waals surface area contributed by atoms with E-state index in [2.05, 4.69) is 4.90 Å². The second kappa shape index (κ2) is 7.45. The molecular weight excluding hydrogens is 304 g/mol. The molecule has 0 aliphatic carbocycles. The molecule has 126 valence electrons. The van der Waals surface area contributed by atoms with Gasteiger partial charge >= 0.3 is 0 Å². The van der Waals surface area contributed by atoms with E-state index in [9.17, 15) is 15.2 Å². The quantitative estimate of drug-likeness (QED) is 0.664. The molecule has 24 heavy (non-hydrogen) atoms. The summed E-state index contributed by atoms with van der Waals surface area (Å²) < 4.78 is 0. The third-order valence-corrected chi connectivity index (χ3v) is 4.72. The number of likely N-dealkylation sites (tertiary alicyclic amines) is 1. The zero-order chi connectivity index (χ0) is 16.9. The molecule has 1 atom stereocenters. The van der Waals surface area contributed by atoms with Crippen LogP contribution in [-0.2, 0) is 6.42 Å². The Morgan fingerprint density at radius 2 is 1.71 bits per heavy atom. The van der Waals surface area contributed by atoms with E-state index in [1.54, 1.807) is 18.2 Å². The molecule has 1 heterocycles. The lowest BCUT2D eigenvalue weighted by atomic mass is 9.94. The lowest BCUT2D eigenvalue weighted by Gasteiger charge is -2.35. The Labute approximate surface area is 141 Å². The van der Waals surface area contributed by atoms with Crippen molar-refractivity contribution in [2.75, 3.05) is 13.1 Å². The molecule has 0 saturated carbocycles. The molecular formula is C19H22N2O3. The topological polar surface area (TPSA) is 66.6 Å². The van der Waals surface area contributed by atoms with Gasteiger partial charge in [-0.1, -0.05) is 36.8 Å². The Morgan fingerprint density at radius 1 is 1.04 bits per heavy atom. The van der Waals surface area contributed by atoms with Gasteiger partial charge < -0.3 is 5.11 Å². The maximum Gasteiger partial charge on any atom is 0.269 e. The Hall–Kier alpha value is -2.40. The van der Waals surface area contributed by atoms with E-state index in [1.165, 1.54) is 19.3 Å². The van der Waals surface area contributed by atoms with Gasteiger partial charge in [-0.25, -0.2) is 0 Å². The van der Waals surface area contributed by atoms with Crippen LogP contribution in [-0.4, -0.2) is 28.0 Å². The predicted molar refractivity (Wildman–Crippen MR) is 93.1 cm³/mol. The first kappa shape index (κ1) is 16.5. The number of phenolic OH excluding ortho intramolecular Hbond substituents is 1. The van der Waals surface area contributed by atoms with Crippen molar-refractivity contribution in [2.45, 2.75) is 31.7 Å². The Bertz CT molecular complexity index is 694. The number of nitro benzene ring substituents is 1. The van der Waals surface area contributed by atoms with Gasteiger partial charge in [0.05, 0.1) is 4.92 Å². The Kier molecular flexibility index (Phi) is 5.11. The third-order valence-electron chi connectivity index (χ3n) is 4.72. The van der Waals surface area contributed by atoms with Crippen LogP contribution in [0.2, 0.25) is 0 Å². The van der Waals surface area contributed by atoms with Crippen molar-refractivity contribution in [3.8, 4) is 5.75 Å². The molecule has 5 heteroatoms. The van der Waals surface area contributed by atoms with Gasteiger partial charge in [0.25, 0.3) is 5.69 Å². The summed E-state index contributed by atoms with van der Waals surface area (Å²) in [5, 5.41) is 21.0. The second-order valence-corrected chi connectivity index (χ2v) is 6.29. The van der Waals surface area contributed by atoms with Gasteiger partial charge in [-0.2, -0.15) is 0 Å². The number of phenols is 1. The van der Waals surface area contributed by atoms with Crippen LogP contribution < -0.4 is 0 Å². The van der Waals surface area contributed by atoms with Crippen molar-refractivity contribution >= 4 is 5.69 Å². The number of hydrogen-bond acceptors (Lipinski definition) is 4. The predicted octanol–water partition coefficient (Wildman–Crippen LogP) is 4.07. The van der Waals surface area contributed by atoms with Crippen molar-refractivity contribution in [2.24, 2.45) is 0 Å². The molecule has 1 aliphatic heterocycles. The lowest BCUT2D eigenvalue weighted by molar-refractivity contribution is -0.384. The highest BCUT2D eigenvalue weighted by Crippen LogP contribution is 2.31. The molecule has 5 nitrogen and oxygen atoms in total. The maximum atomic E-state index is 10.9. The second-order valence-electron chi connectivity index (χ2n) is 6.29. The highest BCUT2D eigenvalue weighted by Gasteiger charge is 2.24. The van der Waals surface area contributed by atoms with Crippen molar-refractivity contribution in [1.82, 2.24) is 4.90 Å². The normalized spacial score (nSPS) is 16.7. The number of hydrogen-bond donors (Lipinski definition) is 1. The van der Waals surface area contributed by atoms with Gasteiger partial charge in [-0.05, 0) is 49.5 Å². The first-order valence-electron chi connectivity index (χ1n) is 8.40. The van der Waals surface area contributed by atoms with Crippen molar-refractivity contribution < 1.29 is 10.0 Å². The highest BCUT2D eigenvalue weighted by molar-refractivity contribution is 5.37. The molecule has 1 fully saturated rings. The smallest absolute Gasteiger partial charge is 0.269 e. The summed E-state index contributed by atoms with van der Waals surface area (Å²) in [4.78, 5) is 12.9. The van der Waals surface area contributed by atoms with Crippen molar-refractivity contribution in [1.29, 1.82) is 0 Å². The standard InChI is InChI=1S/C19H22N2O3/c22-19-7-3-2-6-16(19)14-18(20-12-4-1-5-13-20)15-8-10-17(11-9-15)21(23)24/h2-3,6-11,18,22H,1,4-5,12-14H2. The van der Waals surface area contributed by atoms with Gasteiger partial charge in [-0.3, -0.25) is 15.0 Å². The molecule has 0 aromatic heterocycles. The minimum absolute atomic E-state index is 0.110. The minimum atomic E-state index is -0.372. The van der Waals surface area contributed by atoms with E-state index in [1.807, 2.05) is 30.3 Å². The van der Waals surface area contributed by atoms with Crippen LogP contribution in [0.15, 0.2) is 48.5 Å². The fourth-order valence-corrected chi connectivity index (χ4v) is 3.40. The van der Waals surface area contributed by atoms with E-state index in [0.29, 0.717) is 12.2 Å². The monoisotopic (exact) mass is 326 g/mol. The summed E-state index contributed by atoms with van der Waals surface area (Å²) in [7, 11) is 0. The fraction of sp³-hybridized carbons (Fsp3) is 0.368. The van der Waals surface area contributed by atoms with Crippen molar-refractivity contribution in [3.05, 3.63) is 69.8 Å². The van der Waals surface area contributed by atoms with Crippen LogP contribution in [0.5, 0.6) is 5.75 Å². The summed E-state index contributed by atoms with van der Waals surface area (Å²) in [6.07, 6.45) is 4.29. The summed E-state index contributed by atoms with van der Waals surface area (Å²) in [6, 6.07) is 14.3. The van der Waals surface area contributed by atoms with Gasteiger partial charge in [-0.15, -0.1) is 0 Å². The molecule has 1 saturated heterocycles. The molecule has 0 spiro atoms. The Balaban J connectivity index is 1.89. The molecule has 2 aromatic carbocycles. The SMILES string of the molecule is O=[N+]([O-])c1ccc(C(Cc2ccccc2O)N2CCCCC2)cc1. The van der Waals surface area contributed by atoms with Crippen LogP contribution in [0.25, 0.3) is 0 Å². The van der Waals surface area contributed by atoms with Crippen LogP contribution in [0, 0.1) is 10.1 Å². The molecule has 1 unspecified atom stereocenters. The average molecular weight is 326 g/mol. The molecule has 0 bridgehead atoms. The van der Waals surface area contributed by atoms with Crippen LogP contribution in [0.1, 0.15) is 36.4 Å². The van der Waals surface area contributed by atoms with Gasteiger partial charge in [0.1, 0.15) is 5.75 Å². The Morgan fingerprint density at radius 3 is 2.33 bits per heavy atom. The molecule has 1 aliphatic rings. The molecule has 3 rings (SSSR count). The van der Waals surface area contributed by atoms with Gasteiger partial charge in [0.15, 0.2) is 0 Å². The molecule has 1 N–H and O–H groups in total. The third kappa shape index (κ3) is 3.74. The molecule has 0 amide bonds. The first-order chi connectivity index (χ1) is 11.6. The van der Waals surface area contributed by atoms with E-state index < -0.39 is 0 Å². The maximum absolute atomic E-state index is 10.9. The number of para-hydroxylation sites is 1. The van der Waals surface area contributed by atoms with Gasteiger partial charge in [0, 0.05) is 18.2 Å². The number of non-ortho nitro benzene ring substituents is 1. The lowest BCUT2D eigenvalue weighted by Crippen LogP contribution is -2.34. The van der Waals surface area contributed by atoms with E-state index in [0.717, 1.165) is 24.2 Å². The zero-order valence-corrected chi connectivity index (χ0v) is 13.6. The summed E-state index contributed by atoms with van der Waals surface area (Å²) >= 11 is 0. The van der Waals surface area contributed by atoms with Crippen LogP contribution in [0.4, 0.5) is 5.69 Å². The highest BCUT2D eigenvalue weighted by atomic mass is 16.6. The zero-order valence-electron chi connectivity index (χ0n) is 13.6. The van der Waals surface area contributed by atoms with E-state index in [-0.39, 0.29) is 16.7 Å². The molecule has 2 aromatic rings. The largest absolute Gasteiger partial charge is 0.508 e. The number of piperidine rings is 1. The van der Waals surface area contributed by atoms with Crippen LogP contribution in [0.3, 0.4) is 0 Å². The van der Waals surface area contributed by atoms with Gasteiger partial charge in [0.2, 0.25) is 0 Å². The first-order valence-corrected chi connectivity index (χ1v) is 8.40. The fourth-order valence-electron chi connectivity index (χ4n) is 3.40. The number of rotatable bonds is 5. The van der Waals surface area contributed by atoms with Crippen LogP contribution >= 0.6 is 0 Å². The van der Waals surface area contributed by atoms with E-state index in [4.69, 9.17) is 0 Å². The number of benzene rings is 2. The number of aromatic hydroxyl groups is 1. The molecule has 0 radical (unpaired) electrons. The average Bonchev–Trinajstić information content (AvgIpc) is 2.62. The summed E-state index contributed by atoms with van der Waals surface area (Å²) in [5.74, 6) is 0.307. The summed E-state index contributed by atoms with van der Waals surface area (Å²) in [6.45, 7) is 2.05. The minimum Gasteiger partial charge on any atom is -0.508 e. The van der Waals surface area contributed by atoms with Crippen molar-refractivity contribution in [3.63, 3.8) is 0 Å². The summed E-state index contributed by atoms with van der Waals surface area (Å²) in [5.41, 5.74) is 2.08.